The molecule has 1 aliphatic rings. The van der Waals surface area contributed by atoms with Crippen LogP contribution in [-0.4, -0.2) is 9.78 Å². The molecule has 20 heavy (non-hydrogen) atoms. The van der Waals surface area contributed by atoms with Gasteiger partial charge in [0.2, 0.25) is 0 Å². The van der Waals surface area contributed by atoms with E-state index in [9.17, 15) is 0 Å². The maximum Gasteiger partial charge on any atom is 0.0841 e. The van der Waals surface area contributed by atoms with Gasteiger partial charge in [0.05, 0.1) is 5.69 Å². The van der Waals surface area contributed by atoms with E-state index in [0.29, 0.717) is 6.54 Å². The van der Waals surface area contributed by atoms with Gasteiger partial charge in [-0.2, -0.15) is 5.10 Å². The van der Waals surface area contributed by atoms with Gasteiger partial charge in [0.25, 0.3) is 0 Å². The van der Waals surface area contributed by atoms with Crippen molar-refractivity contribution in [2.75, 3.05) is 0 Å². The third kappa shape index (κ3) is 1.80. The third-order valence-corrected chi connectivity index (χ3v) is 4.72. The van der Waals surface area contributed by atoms with Gasteiger partial charge in [-0.3, -0.25) is 4.68 Å². The lowest BCUT2D eigenvalue weighted by atomic mass is 9.88. The Bertz CT molecular complexity index is 654. The van der Waals surface area contributed by atoms with Crippen molar-refractivity contribution in [3.05, 3.63) is 39.7 Å². The van der Waals surface area contributed by atoms with Crippen molar-refractivity contribution in [1.29, 1.82) is 0 Å². The van der Waals surface area contributed by atoms with E-state index in [4.69, 9.17) is 10.8 Å². The van der Waals surface area contributed by atoms with E-state index < -0.39 is 0 Å². The molecule has 2 heterocycles. The van der Waals surface area contributed by atoms with Crippen LogP contribution in [0, 0.1) is 27.7 Å². The highest BCUT2D eigenvalue weighted by molar-refractivity contribution is 5.77. The Hall–Kier alpha value is -1.61. The fourth-order valence-electron chi connectivity index (χ4n) is 3.41. The average Bonchev–Trinajstić information content (AvgIpc) is 2.98. The number of hydrogen-bond acceptors (Lipinski definition) is 2. The van der Waals surface area contributed by atoms with Gasteiger partial charge < -0.3 is 5.73 Å². The van der Waals surface area contributed by atoms with Crippen LogP contribution in [0.2, 0.25) is 0 Å². The van der Waals surface area contributed by atoms with E-state index in [2.05, 4.69) is 38.4 Å². The van der Waals surface area contributed by atoms with Crippen molar-refractivity contribution in [2.24, 2.45) is 5.73 Å². The van der Waals surface area contributed by atoms with Gasteiger partial charge in [-0.15, -0.1) is 0 Å². The lowest BCUT2D eigenvalue weighted by Crippen LogP contribution is -2.03. The molecule has 2 aromatic rings. The number of hydrogen-bond donors (Lipinski definition) is 1. The Balaban J connectivity index is 2.34. The van der Waals surface area contributed by atoms with Crippen LogP contribution < -0.4 is 5.73 Å². The third-order valence-electron chi connectivity index (χ3n) is 4.72. The van der Waals surface area contributed by atoms with Crippen molar-refractivity contribution in [1.82, 2.24) is 9.78 Å². The molecule has 0 amide bonds. The first-order valence-corrected chi connectivity index (χ1v) is 7.41. The molecule has 0 spiro atoms. The number of fused-ring (bicyclic) bond motifs is 1. The van der Waals surface area contributed by atoms with Gasteiger partial charge in [0.15, 0.2) is 0 Å². The topological polar surface area (TPSA) is 43.8 Å². The van der Waals surface area contributed by atoms with Crippen LogP contribution in [0.3, 0.4) is 0 Å². The van der Waals surface area contributed by atoms with Gasteiger partial charge in [0, 0.05) is 24.3 Å². The standard InChI is InChI=1S/C17H23N3/c1-10-8-11(2)13(4)16(12(10)3)17-14(9-18)19-20-7-5-6-15(17)20/h8H,5-7,9,18H2,1-4H3. The maximum atomic E-state index is 5.95. The zero-order chi connectivity index (χ0) is 14.4. The van der Waals surface area contributed by atoms with Crippen molar-refractivity contribution in [3.8, 4) is 11.1 Å². The van der Waals surface area contributed by atoms with E-state index in [1.807, 2.05) is 0 Å². The Labute approximate surface area is 120 Å². The molecule has 0 fully saturated rings. The summed E-state index contributed by atoms with van der Waals surface area (Å²) in [5.74, 6) is 0. The summed E-state index contributed by atoms with van der Waals surface area (Å²) >= 11 is 0. The minimum Gasteiger partial charge on any atom is -0.325 e. The summed E-state index contributed by atoms with van der Waals surface area (Å²) in [6.07, 6.45) is 2.32. The van der Waals surface area contributed by atoms with Gasteiger partial charge >= 0.3 is 0 Å². The summed E-state index contributed by atoms with van der Waals surface area (Å²) in [5.41, 5.74) is 16.5. The molecular formula is C17H23N3. The normalized spacial score (nSPS) is 13.8. The number of aryl methyl sites for hydroxylation is 3. The minimum absolute atomic E-state index is 0.515. The monoisotopic (exact) mass is 269 g/mol. The molecule has 1 aliphatic heterocycles. The predicted molar refractivity (Wildman–Crippen MR) is 82.8 cm³/mol. The van der Waals surface area contributed by atoms with Crippen molar-refractivity contribution < 1.29 is 0 Å². The molecule has 0 bridgehead atoms. The van der Waals surface area contributed by atoms with Crippen LogP contribution in [0.15, 0.2) is 6.07 Å². The molecule has 0 unspecified atom stereocenters. The summed E-state index contributed by atoms with van der Waals surface area (Å²) in [7, 11) is 0. The van der Waals surface area contributed by atoms with E-state index in [1.165, 1.54) is 45.5 Å². The molecule has 3 nitrogen and oxygen atoms in total. The van der Waals surface area contributed by atoms with E-state index >= 15 is 0 Å². The summed E-state index contributed by atoms with van der Waals surface area (Å²) in [6, 6.07) is 2.28. The van der Waals surface area contributed by atoms with E-state index in [1.54, 1.807) is 0 Å². The van der Waals surface area contributed by atoms with Crippen LogP contribution >= 0.6 is 0 Å². The van der Waals surface area contributed by atoms with Gasteiger partial charge in [-0.05, 0) is 68.4 Å². The van der Waals surface area contributed by atoms with E-state index in [-0.39, 0.29) is 0 Å². The molecule has 0 aliphatic carbocycles. The summed E-state index contributed by atoms with van der Waals surface area (Å²) < 4.78 is 2.16. The SMILES string of the molecule is Cc1cc(C)c(C)c(-c2c(CN)nn3c2CCC3)c1C. The van der Waals surface area contributed by atoms with Crippen molar-refractivity contribution >= 4 is 0 Å². The van der Waals surface area contributed by atoms with Gasteiger partial charge in [-0.25, -0.2) is 0 Å². The quantitative estimate of drug-likeness (QED) is 0.910. The molecule has 1 aromatic heterocycles. The van der Waals surface area contributed by atoms with Crippen LogP contribution in [0.5, 0.6) is 0 Å². The first kappa shape index (κ1) is 13.4. The fraction of sp³-hybridized carbons (Fsp3) is 0.471. The van der Waals surface area contributed by atoms with Crippen LogP contribution in [0.25, 0.3) is 11.1 Å². The maximum absolute atomic E-state index is 5.95. The Morgan fingerprint density at radius 1 is 1.10 bits per heavy atom. The smallest absolute Gasteiger partial charge is 0.0841 e. The van der Waals surface area contributed by atoms with E-state index in [0.717, 1.165) is 18.7 Å². The Morgan fingerprint density at radius 2 is 1.75 bits per heavy atom. The molecule has 0 saturated heterocycles. The summed E-state index contributed by atoms with van der Waals surface area (Å²) in [6.45, 7) is 10.4. The molecule has 106 valence electrons. The second-order valence-electron chi connectivity index (χ2n) is 5.93. The highest BCUT2D eigenvalue weighted by atomic mass is 15.3. The number of rotatable bonds is 2. The van der Waals surface area contributed by atoms with Crippen molar-refractivity contribution in [3.63, 3.8) is 0 Å². The minimum atomic E-state index is 0.515. The second-order valence-corrected chi connectivity index (χ2v) is 5.93. The zero-order valence-electron chi connectivity index (χ0n) is 12.9. The molecule has 3 rings (SSSR count). The fourth-order valence-corrected chi connectivity index (χ4v) is 3.41. The largest absolute Gasteiger partial charge is 0.325 e. The summed E-state index contributed by atoms with van der Waals surface area (Å²) in [5, 5.41) is 4.72. The first-order chi connectivity index (χ1) is 9.54. The first-order valence-electron chi connectivity index (χ1n) is 7.41. The highest BCUT2D eigenvalue weighted by Crippen LogP contribution is 2.38. The van der Waals surface area contributed by atoms with Crippen LogP contribution in [-0.2, 0) is 19.5 Å². The molecule has 0 atom stereocenters. The molecule has 2 N–H and O–H groups in total. The number of aromatic nitrogens is 2. The predicted octanol–water partition coefficient (Wildman–Crippen LogP) is 3.19. The highest BCUT2D eigenvalue weighted by Gasteiger charge is 2.24. The van der Waals surface area contributed by atoms with Crippen LogP contribution in [0.1, 0.15) is 40.1 Å². The average molecular weight is 269 g/mol. The summed E-state index contributed by atoms with van der Waals surface area (Å²) in [4.78, 5) is 0. The molecule has 0 saturated carbocycles. The van der Waals surface area contributed by atoms with Gasteiger partial charge in [0.1, 0.15) is 0 Å². The van der Waals surface area contributed by atoms with Gasteiger partial charge in [-0.1, -0.05) is 6.07 Å². The number of benzene rings is 1. The Kier molecular flexibility index (Phi) is 3.17. The lowest BCUT2D eigenvalue weighted by Gasteiger charge is -2.16. The molecular weight excluding hydrogens is 246 g/mol. The van der Waals surface area contributed by atoms with Crippen molar-refractivity contribution in [2.45, 2.75) is 53.6 Å². The second kappa shape index (κ2) is 4.74. The Morgan fingerprint density at radius 3 is 2.35 bits per heavy atom. The lowest BCUT2D eigenvalue weighted by molar-refractivity contribution is 0.644. The molecule has 3 heteroatoms. The number of nitrogens with two attached hydrogens (primary N) is 1. The zero-order valence-corrected chi connectivity index (χ0v) is 12.9. The van der Waals surface area contributed by atoms with Crippen LogP contribution in [0.4, 0.5) is 0 Å². The molecule has 1 aromatic carbocycles. The number of nitrogens with zero attached hydrogens (tertiary/aromatic N) is 2. The molecule has 0 radical (unpaired) electrons.